The number of anilines is 1. The Kier molecular flexibility index (Phi) is 3.65. The Morgan fingerprint density at radius 2 is 1.95 bits per heavy atom. The first-order valence-corrected chi connectivity index (χ1v) is 6.89. The van der Waals surface area contributed by atoms with Crippen molar-refractivity contribution < 1.29 is 0 Å². The van der Waals surface area contributed by atoms with E-state index in [2.05, 4.69) is 57.4 Å². The third-order valence-corrected chi connectivity index (χ3v) is 3.50. The number of aromatic nitrogens is 2. The van der Waals surface area contributed by atoms with Crippen LogP contribution in [0.25, 0.3) is 11.3 Å². The van der Waals surface area contributed by atoms with Crippen LogP contribution in [0, 0.1) is 13.8 Å². The molecule has 0 fully saturated rings. The molecule has 3 nitrogen and oxygen atoms in total. The van der Waals surface area contributed by atoms with Crippen molar-refractivity contribution in [1.82, 2.24) is 9.55 Å². The van der Waals surface area contributed by atoms with Gasteiger partial charge in [0.1, 0.15) is 17.3 Å². The number of imidazole rings is 1. The van der Waals surface area contributed by atoms with Gasteiger partial charge in [-0.15, -0.1) is 0 Å². The fourth-order valence-electron chi connectivity index (χ4n) is 2.51. The fourth-order valence-corrected chi connectivity index (χ4v) is 2.51. The average Bonchev–Trinajstić information content (AvgIpc) is 2.69. The maximum atomic E-state index is 6.33. The minimum Gasteiger partial charge on any atom is -0.383 e. The van der Waals surface area contributed by atoms with Crippen LogP contribution in [0.3, 0.4) is 0 Å². The molecule has 102 valence electrons. The van der Waals surface area contributed by atoms with E-state index in [4.69, 9.17) is 10.7 Å². The molecule has 0 radical (unpaired) electrons. The first kappa shape index (κ1) is 13.7. The van der Waals surface area contributed by atoms with Gasteiger partial charge >= 0.3 is 0 Å². The van der Waals surface area contributed by atoms with E-state index in [1.54, 1.807) is 0 Å². The van der Waals surface area contributed by atoms with Crippen LogP contribution in [0.1, 0.15) is 43.8 Å². The van der Waals surface area contributed by atoms with E-state index in [1.165, 1.54) is 11.1 Å². The summed E-state index contributed by atoms with van der Waals surface area (Å²) in [6.45, 7) is 10.6. The normalized spacial score (nSPS) is 11.3. The highest BCUT2D eigenvalue weighted by Gasteiger charge is 2.18. The zero-order valence-electron chi connectivity index (χ0n) is 12.5. The molecule has 1 heterocycles. The van der Waals surface area contributed by atoms with Gasteiger partial charge in [0.15, 0.2) is 0 Å². The van der Waals surface area contributed by atoms with Crippen molar-refractivity contribution in [3.05, 3.63) is 35.2 Å². The molecule has 0 aliphatic heterocycles. The summed E-state index contributed by atoms with van der Waals surface area (Å²) in [5.41, 5.74) is 10.8. The highest BCUT2D eigenvalue weighted by Crippen LogP contribution is 2.31. The Balaban J connectivity index is 2.66. The lowest BCUT2D eigenvalue weighted by Crippen LogP contribution is -2.09. The van der Waals surface area contributed by atoms with Gasteiger partial charge in [0.2, 0.25) is 0 Å². The maximum absolute atomic E-state index is 6.33. The van der Waals surface area contributed by atoms with Crippen LogP contribution in [0.4, 0.5) is 5.82 Å². The van der Waals surface area contributed by atoms with Crippen molar-refractivity contribution in [2.24, 2.45) is 0 Å². The van der Waals surface area contributed by atoms with Gasteiger partial charge in [-0.3, -0.25) is 0 Å². The third-order valence-electron chi connectivity index (χ3n) is 3.50. The molecule has 0 amide bonds. The summed E-state index contributed by atoms with van der Waals surface area (Å²) in [5, 5.41) is 0. The molecule has 0 atom stereocenters. The van der Waals surface area contributed by atoms with Crippen molar-refractivity contribution in [1.29, 1.82) is 0 Å². The molecule has 19 heavy (non-hydrogen) atoms. The summed E-state index contributed by atoms with van der Waals surface area (Å²) in [5.74, 6) is 1.84. The minimum absolute atomic E-state index is 0.335. The van der Waals surface area contributed by atoms with Crippen LogP contribution < -0.4 is 5.73 Å². The fraction of sp³-hybridized carbons (Fsp3) is 0.438. The van der Waals surface area contributed by atoms with Crippen LogP contribution in [0.2, 0.25) is 0 Å². The number of hydrogen-bond donors (Lipinski definition) is 1. The van der Waals surface area contributed by atoms with Crippen LogP contribution in [-0.2, 0) is 6.42 Å². The predicted molar refractivity (Wildman–Crippen MR) is 81.3 cm³/mol. The maximum Gasteiger partial charge on any atom is 0.131 e. The molecular weight excluding hydrogens is 234 g/mol. The summed E-state index contributed by atoms with van der Waals surface area (Å²) >= 11 is 0. The second kappa shape index (κ2) is 5.08. The molecule has 2 rings (SSSR count). The number of rotatable bonds is 3. The second-order valence-corrected chi connectivity index (χ2v) is 5.40. The monoisotopic (exact) mass is 257 g/mol. The van der Waals surface area contributed by atoms with Crippen molar-refractivity contribution >= 4 is 5.82 Å². The number of nitrogen functional groups attached to an aromatic ring is 1. The summed E-state index contributed by atoms with van der Waals surface area (Å²) < 4.78 is 2.14. The predicted octanol–water partition coefficient (Wildman–Crippen LogP) is 3.89. The topological polar surface area (TPSA) is 43.8 Å². The molecule has 1 aromatic carbocycles. The molecule has 0 aliphatic carbocycles. The van der Waals surface area contributed by atoms with Crippen LogP contribution in [-0.4, -0.2) is 9.55 Å². The molecule has 0 aliphatic rings. The van der Waals surface area contributed by atoms with Crippen molar-refractivity contribution in [2.75, 3.05) is 5.73 Å². The van der Waals surface area contributed by atoms with E-state index in [1.807, 2.05) is 0 Å². The van der Waals surface area contributed by atoms with E-state index in [0.29, 0.717) is 6.04 Å². The van der Waals surface area contributed by atoms with Gasteiger partial charge in [-0.2, -0.15) is 0 Å². The summed E-state index contributed by atoms with van der Waals surface area (Å²) in [7, 11) is 0. The van der Waals surface area contributed by atoms with E-state index in [0.717, 1.165) is 29.3 Å². The minimum atomic E-state index is 0.335. The van der Waals surface area contributed by atoms with E-state index >= 15 is 0 Å². The number of benzene rings is 1. The van der Waals surface area contributed by atoms with E-state index in [-0.39, 0.29) is 0 Å². The Morgan fingerprint density at radius 3 is 2.47 bits per heavy atom. The molecular formula is C16H23N3. The number of hydrogen-bond acceptors (Lipinski definition) is 2. The summed E-state index contributed by atoms with van der Waals surface area (Å²) in [6, 6.07) is 6.75. The second-order valence-electron chi connectivity index (χ2n) is 5.40. The van der Waals surface area contributed by atoms with Gasteiger partial charge in [0.25, 0.3) is 0 Å². The molecule has 1 aromatic heterocycles. The molecule has 0 unspecified atom stereocenters. The van der Waals surface area contributed by atoms with Crippen LogP contribution in [0.15, 0.2) is 18.2 Å². The molecule has 0 saturated heterocycles. The number of nitrogens with zero attached hydrogens (tertiary/aromatic N) is 2. The molecule has 2 aromatic rings. The Labute approximate surface area is 115 Å². The lowest BCUT2D eigenvalue weighted by atomic mass is 10.0. The Bertz CT molecular complexity index is 594. The smallest absolute Gasteiger partial charge is 0.131 e. The van der Waals surface area contributed by atoms with Gasteiger partial charge < -0.3 is 10.3 Å². The molecule has 0 saturated carbocycles. The summed E-state index contributed by atoms with van der Waals surface area (Å²) in [4.78, 5) is 4.76. The zero-order chi connectivity index (χ0) is 14.2. The Hall–Kier alpha value is -1.77. The van der Waals surface area contributed by atoms with Crippen molar-refractivity contribution in [2.45, 2.75) is 47.1 Å². The van der Waals surface area contributed by atoms with Gasteiger partial charge in [0.05, 0.1) is 0 Å². The highest BCUT2D eigenvalue weighted by molar-refractivity contribution is 5.74. The third kappa shape index (κ3) is 2.37. The van der Waals surface area contributed by atoms with Crippen LogP contribution >= 0.6 is 0 Å². The quantitative estimate of drug-likeness (QED) is 0.906. The summed E-state index contributed by atoms with van der Waals surface area (Å²) in [6.07, 6.45) is 0.896. The molecule has 0 bridgehead atoms. The SMILES string of the molecule is CCc1nc(-c2cc(C)ccc2C)c(N)n1C(C)C. The van der Waals surface area contributed by atoms with Gasteiger partial charge in [-0.1, -0.05) is 24.6 Å². The standard InChI is InChI=1S/C16H23N3/c1-6-14-18-15(16(17)19(14)10(2)3)13-9-11(4)7-8-12(13)5/h7-10H,6,17H2,1-5H3. The van der Waals surface area contributed by atoms with Gasteiger partial charge in [-0.25, -0.2) is 4.98 Å². The molecule has 3 heteroatoms. The number of nitrogens with two attached hydrogens (primary N) is 1. The average molecular weight is 257 g/mol. The van der Waals surface area contributed by atoms with Crippen molar-refractivity contribution in [3.8, 4) is 11.3 Å². The zero-order valence-corrected chi connectivity index (χ0v) is 12.5. The van der Waals surface area contributed by atoms with E-state index in [9.17, 15) is 0 Å². The first-order valence-electron chi connectivity index (χ1n) is 6.89. The highest BCUT2D eigenvalue weighted by atomic mass is 15.2. The first-order chi connectivity index (χ1) is 8.95. The van der Waals surface area contributed by atoms with Crippen molar-refractivity contribution in [3.63, 3.8) is 0 Å². The lowest BCUT2D eigenvalue weighted by molar-refractivity contribution is 0.579. The largest absolute Gasteiger partial charge is 0.383 e. The van der Waals surface area contributed by atoms with Gasteiger partial charge in [-0.05, 0) is 39.3 Å². The van der Waals surface area contributed by atoms with E-state index < -0.39 is 0 Å². The van der Waals surface area contributed by atoms with Gasteiger partial charge in [0, 0.05) is 18.0 Å². The molecule has 0 spiro atoms. The molecule has 2 N–H and O–H groups in total. The Morgan fingerprint density at radius 1 is 1.26 bits per heavy atom. The van der Waals surface area contributed by atoms with Crippen LogP contribution in [0.5, 0.6) is 0 Å². The number of aryl methyl sites for hydroxylation is 3. The lowest BCUT2D eigenvalue weighted by Gasteiger charge is -2.13.